The molecule has 2 aromatic carbocycles. The number of nitrogens with two attached hydrogens (primary N) is 1. The van der Waals surface area contributed by atoms with Crippen LogP contribution in [0.3, 0.4) is 0 Å². The van der Waals surface area contributed by atoms with E-state index in [9.17, 15) is 9.18 Å². The van der Waals surface area contributed by atoms with Crippen LogP contribution in [0.25, 0.3) is 0 Å². The highest BCUT2D eigenvalue weighted by atomic mass is 19.1. The van der Waals surface area contributed by atoms with E-state index in [4.69, 9.17) is 5.73 Å². The van der Waals surface area contributed by atoms with E-state index < -0.39 is 0 Å². The lowest BCUT2D eigenvalue weighted by Crippen LogP contribution is -2.15. The van der Waals surface area contributed by atoms with E-state index in [1.807, 2.05) is 12.1 Å². The Labute approximate surface area is 111 Å². The third-order valence-corrected chi connectivity index (χ3v) is 2.86. The van der Waals surface area contributed by atoms with Crippen molar-refractivity contribution < 1.29 is 9.18 Å². The molecule has 0 bridgehead atoms. The van der Waals surface area contributed by atoms with E-state index in [0.29, 0.717) is 16.9 Å². The predicted octanol–water partition coefficient (Wildman–Crippen LogP) is 2.90. The number of nitrogens with one attached hydrogen (secondary N) is 1. The Balaban J connectivity index is 2.05. The number of aryl methyl sites for hydroxylation is 1. The van der Waals surface area contributed by atoms with E-state index in [2.05, 4.69) is 5.32 Å². The van der Waals surface area contributed by atoms with Gasteiger partial charge in [-0.1, -0.05) is 24.3 Å². The SMILES string of the molecule is Cc1ccc(NC(=O)Cc2ccccc2N)cc1F. The molecule has 0 aromatic heterocycles. The Morgan fingerprint density at radius 1 is 1.26 bits per heavy atom. The average Bonchev–Trinajstić information content (AvgIpc) is 2.37. The number of rotatable bonds is 3. The molecule has 0 heterocycles. The van der Waals surface area contributed by atoms with Gasteiger partial charge in [-0.15, -0.1) is 0 Å². The summed E-state index contributed by atoms with van der Waals surface area (Å²) >= 11 is 0. The minimum absolute atomic E-state index is 0.169. The quantitative estimate of drug-likeness (QED) is 0.832. The standard InChI is InChI=1S/C15H15FN2O/c1-10-6-7-12(9-13(10)16)18-15(19)8-11-4-2-3-5-14(11)17/h2-7,9H,8,17H2,1H3,(H,18,19). The van der Waals surface area contributed by atoms with Crippen molar-refractivity contribution >= 4 is 17.3 Å². The summed E-state index contributed by atoms with van der Waals surface area (Å²) in [6, 6.07) is 11.8. The van der Waals surface area contributed by atoms with Crippen LogP contribution in [0.2, 0.25) is 0 Å². The summed E-state index contributed by atoms with van der Waals surface area (Å²) < 4.78 is 13.3. The minimum atomic E-state index is -0.336. The Morgan fingerprint density at radius 2 is 2.00 bits per heavy atom. The largest absolute Gasteiger partial charge is 0.398 e. The van der Waals surface area contributed by atoms with Crippen LogP contribution >= 0.6 is 0 Å². The summed E-state index contributed by atoms with van der Waals surface area (Å²) in [5.41, 5.74) is 8.09. The van der Waals surface area contributed by atoms with Crippen molar-refractivity contribution in [1.82, 2.24) is 0 Å². The Morgan fingerprint density at radius 3 is 2.68 bits per heavy atom. The van der Waals surface area contributed by atoms with Gasteiger partial charge in [0.25, 0.3) is 0 Å². The van der Waals surface area contributed by atoms with Crippen molar-refractivity contribution in [1.29, 1.82) is 0 Å². The lowest BCUT2D eigenvalue weighted by Gasteiger charge is -2.08. The second-order valence-corrected chi connectivity index (χ2v) is 4.39. The second kappa shape index (κ2) is 5.52. The van der Waals surface area contributed by atoms with Crippen LogP contribution in [0.15, 0.2) is 42.5 Å². The fraction of sp³-hybridized carbons (Fsp3) is 0.133. The van der Waals surface area contributed by atoms with Crippen LogP contribution in [0.5, 0.6) is 0 Å². The first-order valence-corrected chi connectivity index (χ1v) is 5.95. The number of nitrogen functional groups attached to an aromatic ring is 1. The van der Waals surface area contributed by atoms with E-state index in [1.165, 1.54) is 6.07 Å². The molecule has 4 heteroatoms. The summed E-state index contributed by atoms with van der Waals surface area (Å²) in [7, 11) is 0. The fourth-order valence-corrected chi connectivity index (χ4v) is 1.74. The van der Waals surface area contributed by atoms with E-state index in [0.717, 1.165) is 5.56 Å². The molecule has 2 rings (SSSR count). The number of carbonyl (C=O) groups excluding carboxylic acids is 1. The first-order chi connectivity index (χ1) is 9.06. The summed E-state index contributed by atoms with van der Waals surface area (Å²) in [6.07, 6.45) is 0.169. The highest BCUT2D eigenvalue weighted by Crippen LogP contribution is 2.15. The number of anilines is 2. The number of benzene rings is 2. The number of hydrogen-bond acceptors (Lipinski definition) is 2. The molecule has 0 saturated heterocycles. The predicted molar refractivity (Wildman–Crippen MR) is 74.3 cm³/mol. The molecule has 0 atom stereocenters. The summed E-state index contributed by atoms with van der Waals surface area (Å²) in [5.74, 6) is -0.557. The molecular formula is C15H15FN2O. The zero-order chi connectivity index (χ0) is 13.8. The molecule has 98 valence electrons. The van der Waals surface area contributed by atoms with Gasteiger partial charge >= 0.3 is 0 Å². The fourth-order valence-electron chi connectivity index (χ4n) is 1.74. The third kappa shape index (κ3) is 3.31. The van der Waals surface area contributed by atoms with Crippen molar-refractivity contribution in [3.63, 3.8) is 0 Å². The molecule has 2 aromatic rings. The van der Waals surface area contributed by atoms with Crippen molar-refractivity contribution in [2.75, 3.05) is 11.1 Å². The highest BCUT2D eigenvalue weighted by Gasteiger charge is 2.07. The van der Waals surface area contributed by atoms with Crippen LogP contribution in [0, 0.1) is 12.7 Å². The smallest absolute Gasteiger partial charge is 0.228 e. The zero-order valence-corrected chi connectivity index (χ0v) is 10.6. The van der Waals surface area contributed by atoms with Crippen molar-refractivity contribution in [2.45, 2.75) is 13.3 Å². The summed E-state index contributed by atoms with van der Waals surface area (Å²) in [5, 5.41) is 2.65. The minimum Gasteiger partial charge on any atom is -0.398 e. The monoisotopic (exact) mass is 258 g/mol. The summed E-state index contributed by atoms with van der Waals surface area (Å²) in [4.78, 5) is 11.8. The highest BCUT2D eigenvalue weighted by molar-refractivity contribution is 5.93. The molecule has 0 aliphatic rings. The van der Waals surface area contributed by atoms with Gasteiger partial charge < -0.3 is 11.1 Å². The van der Waals surface area contributed by atoms with Gasteiger partial charge in [-0.05, 0) is 36.2 Å². The van der Waals surface area contributed by atoms with E-state index in [-0.39, 0.29) is 18.1 Å². The molecule has 3 nitrogen and oxygen atoms in total. The average molecular weight is 258 g/mol. The maximum atomic E-state index is 13.3. The molecule has 1 amide bonds. The van der Waals surface area contributed by atoms with E-state index in [1.54, 1.807) is 31.2 Å². The van der Waals surface area contributed by atoms with Gasteiger partial charge in [-0.3, -0.25) is 4.79 Å². The van der Waals surface area contributed by atoms with Crippen LogP contribution in [0.4, 0.5) is 15.8 Å². The number of halogens is 1. The molecule has 0 unspecified atom stereocenters. The van der Waals surface area contributed by atoms with E-state index >= 15 is 0 Å². The number of hydrogen-bond donors (Lipinski definition) is 2. The van der Waals surface area contributed by atoms with Gasteiger partial charge in [-0.25, -0.2) is 4.39 Å². The van der Waals surface area contributed by atoms with Crippen LogP contribution < -0.4 is 11.1 Å². The number of amides is 1. The number of para-hydroxylation sites is 1. The van der Waals surface area contributed by atoms with Crippen molar-refractivity contribution in [3.05, 3.63) is 59.4 Å². The molecule has 19 heavy (non-hydrogen) atoms. The van der Waals surface area contributed by atoms with Gasteiger partial charge in [-0.2, -0.15) is 0 Å². The Bertz CT molecular complexity index is 611. The topological polar surface area (TPSA) is 55.1 Å². The van der Waals surface area contributed by atoms with Gasteiger partial charge in [0.05, 0.1) is 6.42 Å². The lowest BCUT2D eigenvalue weighted by molar-refractivity contribution is -0.115. The molecule has 0 spiro atoms. The van der Waals surface area contributed by atoms with Gasteiger partial charge in [0, 0.05) is 11.4 Å². The maximum absolute atomic E-state index is 13.3. The van der Waals surface area contributed by atoms with Crippen molar-refractivity contribution in [2.24, 2.45) is 0 Å². The third-order valence-electron chi connectivity index (χ3n) is 2.86. The molecule has 0 aliphatic heterocycles. The van der Waals surface area contributed by atoms with Gasteiger partial charge in [0.15, 0.2) is 0 Å². The maximum Gasteiger partial charge on any atom is 0.228 e. The molecular weight excluding hydrogens is 243 g/mol. The molecule has 0 radical (unpaired) electrons. The van der Waals surface area contributed by atoms with Crippen molar-refractivity contribution in [3.8, 4) is 0 Å². The molecule has 0 aliphatic carbocycles. The number of carbonyl (C=O) groups is 1. The molecule has 0 saturated carbocycles. The first-order valence-electron chi connectivity index (χ1n) is 5.95. The lowest BCUT2D eigenvalue weighted by atomic mass is 10.1. The van der Waals surface area contributed by atoms with Gasteiger partial charge in [0.1, 0.15) is 5.82 Å². The Kier molecular flexibility index (Phi) is 3.80. The second-order valence-electron chi connectivity index (χ2n) is 4.39. The zero-order valence-electron chi connectivity index (χ0n) is 10.6. The molecule has 3 N–H and O–H groups in total. The normalized spacial score (nSPS) is 10.2. The Hall–Kier alpha value is -2.36. The molecule has 0 fully saturated rings. The van der Waals surface area contributed by atoms with Gasteiger partial charge in [0.2, 0.25) is 5.91 Å². The van der Waals surface area contributed by atoms with Crippen LogP contribution in [-0.4, -0.2) is 5.91 Å². The van der Waals surface area contributed by atoms with Crippen LogP contribution in [0.1, 0.15) is 11.1 Å². The summed E-state index contributed by atoms with van der Waals surface area (Å²) in [6.45, 7) is 1.67. The first kappa shape index (κ1) is 13.1. The van der Waals surface area contributed by atoms with Crippen LogP contribution in [-0.2, 0) is 11.2 Å².